The number of hydrogen-bond acceptors (Lipinski definition) is 3. The van der Waals surface area contributed by atoms with Gasteiger partial charge in [0.2, 0.25) is 0 Å². The molecule has 0 atom stereocenters. The average Bonchev–Trinajstić information content (AvgIpc) is 2.98. The van der Waals surface area contributed by atoms with E-state index in [0.717, 1.165) is 26.8 Å². The van der Waals surface area contributed by atoms with E-state index >= 15 is 0 Å². The van der Waals surface area contributed by atoms with Crippen molar-refractivity contribution in [3.63, 3.8) is 0 Å². The fraction of sp³-hybridized carbons (Fsp3) is 0. The Labute approximate surface area is 218 Å². The molecule has 5 rings (SSSR count). The second-order valence-corrected chi connectivity index (χ2v) is 14.8. The van der Waals surface area contributed by atoms with Gasteiger partial charge in [-0.2, -0.15) is 0 Å². The number of benzene rings is 5. The van der Waals surface area contributed by atoms with Crippen LogP contribution in [0.15, 0.2) is 157 Å². The van der Waals surface area contributed by atoms with Crippen LogP contribution in [0.4, 0.5) is 0 Å². The van der Waals surface area contributed by atoms with E-state index in [9.17, 15) is 8.42 Å². The maximum atomic E-state index is 14.3. The van der Waals surface area contributed by atoms with Crippen molar-refractivity contribution in [1.82, 2.24) is 0 Å². The molecule has 0 aliphatic carbocycles. The van der Waals surface area contributed by atoms with Gasteiger partial charge in [0.05, 0.1) is 0 Å². The molecule has 0 aliphatic rings. The Morgan fingerprint density at radius 2 is 0.838 bits per heavy atom. The Kier molecular flexibility index (Phi) is 6.66. The zero-order valence-corrected chi connectivity index (χ0v) is 21.9. The monoisotopic (exact) mass is 522 g/mol. The molecular formula is C32H27O3PS. The normalized spacial score (nSPS) is 12.8. The summed E-state index contributed by atoms with van der Waals surface area (Å²) in [7, 11) is -4.27. The second kappa shape index (κ2) is 9.91. The predicted molar refractivity (Wildman–Crippen MR) is 156 cm³/mol. The summed E-state index contributed by atoms with van der Waals surface area (Å²) in [6.07, 6.45) is 1.68. The van der Waals surface area contributed by atoms with Gasteiger partial charge in [-0.25, -0.2) is 0 Å². The zero-order valence-electron chi connectivity index (χ0n) is 20.2. The fourth-order valence-corrected chi connectivity index (χ4v) is 13.4. The average molecular weight is 523 g/mol. The summed E-state index contributed by atoms with van der Waals surface area (Å²) in [4.78, 5) is 0.0887. The van der Waals surface area contributed by atoms with Gasteiger partial charge in [0, 0.05) is 0 Å². The molecule has 3 nitrogen and oxygen atoms in total. The van der Waals surface area contributed by atoms with Crippen LogP contribution in [0.2, 0.25) is 0 Å². The van der Waals surface area contributed by atoms with E-state index in [1.807, 2.05) is 121 Å². The summed E-state index contributed by atoms with van der Waals surface area (Å²) in [6.45, 7) is -0.557. The molecule has 0 amide bonds. The van der Waals surface area contributed by atoms with E-state index < -0.39 is 16.9 Å². The van der Waals surface area contributed by atoms with E-state index in [-0.39, 0.29) is 4.90 Å². The summed E-state index contributed by atoms with van der Waals surface area (Å²) in [5.74, 6) is 0. The van der Waals surface area contributed by atoms with Crippen LogP contribution in [0.3, 0.4) is 0 Å². The van der Waals surface area contributed by atoms with Gasteiger partial charge < -0.3 is 0 Å². The maximum absolute atomic E-state index is 14.3. The molecule has 5 heteroatoms. The van der Waals surface area contributed by atoms with Crippen LogP contribution in [0.1, 0.15) is 5.56 Å². The van der Waals surface area contributed by atoms with Crippen LogP contribution < -0.4 is 21.2 Å². The van der Waals surface area contributed by atoms with Crippen molar-refractivity contribution in [3.8, 4) is 0 Å². The molecule has 0 heterocycles. The first kappa shape index (κ1) is 24.9. The van der Waals surface area contributed by atoms with Gasteiger partial charge in [-0.1, -0.05) is 0 Å². The van der Waals surface area contributed by atoms with Crippen LogP contribution in [0.5, 0.6) is 0 Å². The summed E-state index contributed by atoms with van der Waals surface area (Å²) >= 11 is 0. The molecule has 0 aliphatic heterocycles. The Bertz CT molecular complexity index is 1430. The molecule has 37 heavy (non-hydrogen) atoms. The van der Waals surface area contributed by atoms with Gasteiger partial charge in [0.15, 0.2) is 0 Å². The van der Waals surface area contributed by atoms with Crippen LogP contribution >= 0.6 is 6.83 Å². The fourth-order valence-electron chi connectivity index (χ4n) is 4.93. The van der Waals surface area contributed by atoms with Crippen molar-refractivity contribution in [3.05, 3.63) is 158 Å². The quantitative estimate of drug-likeness (QED) is 0.242. The van der Waals surface area contributed by atoms with Gasteiger partial charge in [-0.15, -0.1) is 0 Å². The minimum atomic E-state index is -4.33. The topological polar surface area (TPSA) is 43.4 Å². The van der Waals surface area contributed by atoms with Gasteiger partial charge >= 0.3 is 219 Å². The predicted octanol–water partition coefficient (Wildman–Crippen LogP) is 5.81. The first-order chi connectivity index (χ1) is 18.0. The van der Waals surface area contributed by atoms with E-state index in [1.54, 1.807) is 30.3 Å². The van der Waals surface area contributed by atoms with Crippen molar-refractivity contribution in [2.75, 3.05) is 0 Å². The first-order valence-corrected chi connectivity index (χ1v) is 15.5. The molecule has 0 bridgehead atoms. The van der Waals surface area contributed by atoms with E-state index in [4.69, 9.17) is 3.97 Å². The van der Waals surface area contributed by atoms with Crippen molar-refractivity contribution >= 4 is 44.2 Å². The van der Waals surface area contributed by atoms with Crippen LogP contribution in [0, 0.1) is 0 Å². The third kappa shape index (κ3) is 4.04. The third-order valence-corrected chi connectivity index (χ3v) is 14.6. The molecule has 0 N–H and O–H groups in total. The van der Waals surface area contributed by atoms with Crippen LogP contribution in [-0.4, -0.2) is 8.42 Å². The molecule has 5 aromatic carbocycles. The zero-order chi connectivity index (χ0) is 25.8. The Morgan fingerprint density at radius 1 is 0.514 bits per heavy atom. The molecule has 0 saturated heterocycles. The molecule has 0 spiro atoms. The van der Waals surface area contributed by atoms with Crippen molar-refractivity contribution < 1.29 is 12.4 Å². The Hall–Kier alpha value is -3.82. The summed E-state index contributed by atoms with van der Waals surface area (Å²) < 4.78 is 35.6. The van der Waals surface area contributed by atoms with Crippen LogP contribution in [-0.2, 0) is 14.1 Å². The van der Waals surface area contributed by atoms with Gasteiger partial charge in [0.25, 0.3) is 0 Å². The van der Waals surface area contributed by atoms with Gasteiger partial charge in [-0.05, 0) is 0 Å². The molecule has 184 valence electrons. The van der Waals surface area contributed by atoms with Gasteiger partial charge in [-0.3, -0.25) is 0 Å². The molecule has 0 unspecified atom stereocenters. The van der Waals surface area contributed by atoms with Crippen molar-refractivity contribution in [2.24, 2.45) is 0 Å². The molecule has 0 radical (unpaired) electrons. The number of rotatable bonds is 8. The van der Waals surface area contributed by atoms with Crippen molar-refractivity contribution in [1.29, 1.82) is 0 Å². The Morgan fingerprint density at radius 3 is 1.14 bits per heavy atom. The van der Waals surface area contributed by atoms with Crippen LogP contribution in [0.25, 0.3) is 6.08 Å². The summed E-state index contributed by atoms with van der Waals surface area (Å²) in [5.41, 5.74) is 0.827. The molecule has 0 saturated carbocycles. The molecule has 0 fully saturated rings. The summed E-state index contributed by atoms with van der Waals surface area (Å²) in [5, 5.41) is 3.18. The number of hydrogen-bond donors (Lipinski definition) is 0. The summed E-state index contributed by atoms with van der Waals surface area (Å²) in [6, 6.07) is 45.6. The third-order valence-electron chi connectivity index (χ3n) is 6.65. The van der Waals surface area contributed by atoms with E-state index in [0.29, 0.717) is 0 Å². The van der Waals surface area contributed by atoms with E-state index in [2.05, 4.69) is 6.58 Å². The SMILES string of the molecule is C=Cc1ccc(S(=O)(=O)OP(c2ccccc2)(c2ccccc2)(c2ccccc2)c2ccccc2)cc1. The molecule has 0 aromatic heterocycles. The minimum absolute atomic E-state index is 0.0887. The second-order valence-electron chi connectivity index (χ2n) is 8.68. The molecular weight excluding hydrogens is 495 g/mol. The first-order valence-electron chi connectivity index (χ1n) is 11.9. The van der Waals surface area contributed by atoms with E-state index in [1.165, 1.54) is 0 Å². The Balaban J connectivity index is 1.98. The molecule has 5 aromatic rings. The van der Waals surface area contributed by atoms with Gasteiger partial charge in [0.1, 0.15) is 0 Å². The standard InChI is InChI=1S/C32H27O3PS/c1-2-27-23-25-32(26-24-27)37(33,34)35-36(28-15-7-3-8-16-28,29-17-9-4-10-18-29,30-19-11-5-12-20-30)31-21-13-6-14-22-31/h2-26H,1H2. The van der Waals surface area contributed by atoms with Crippen molar-refractivity contribution in [2.45, 2.75) is 4.90 Å².